The average Bonchev–Trinajstić information content (AvgIpc) is 2.85. The van der Waals surface area contributed by atoms with Crippen molar-refractivity contribution in [2.24, 2.45) is 11.8 Å². The normalized spacial score (nSPS) is 38.7. The van der Waals surface area contributed by atoms with E-state index in [1.165, 1.54) is 6.42 Å². The monoisotopic (exact) mass is 373 g/mol. The largest absolute Gasteiger partial charge is 0.415 e. The zero-order valence-corrected chi connectivity index (χ0v) is 16.5. The zero-order chi connectivity index (χ0) is 15.6. The molecule has 1 spiro atoms. The molecule has 0 aromatic heterocycles. The maximum absolute atomic E-state index is 12.4. The van der Waals surface area contributed by atoms with E-state index in [1.807, 2.05) is 0 Å². The van der Waals surface area contributed by atoms with Crippen LogP contribution in [0.25, 0.3) is 0 Å². The fraction of sp³-hybridized carbons (Fsp3) is 0.938. The Labute approximate surface area is 138 Å². The summed E-state index contributed by atoms with van der Waals surface area (Å²) < 4.78 is 6.40. The van der Waals surface area contributed by atoms with Gasteiger partial charge in [0.1, 0.15) is 0 Å². The first kappa shape index (κ1) is 16.0. The first-order valence-electron chi connectivity index (χ1n) is 8.15. The van der Waals surface area contributed by atoms with Crippen LogP contribution in [0.1, 0.15) is 40.0 Å². The van der Waals surface area contributed by atoms with Crippen molar-refractivity contribution in [3.05, 3.63) is 0 Å². The third-order valence-electron chi connectivity index (χ3n) is 6.52. The minimum Gasteiger partial charge on any atom is -0.415 e. The molecule has 0 N–H and O–H groups in total. The highest BCUT2D eigenvalue weighted by atomic mass is 79.9. The first-order valence-corrected chi connectivity index (χ1v) is 12.2. The summed E-state index contributed by atoms with van der Waals surface area (Å²) in [5, 5.41) is 1.20. The van der Waals surface area contributed by atoms with Gasteiger partial charge in [-0.3, -0.25) is 4.79 Å². The van der Waals surface area contributed by atoms with Crippen molar-refractivity contribution < 1.29 is 9.22 Å². The highest BCUT2D eigenvalue weighted by Gasteiger charge is 2.72. The van der Waals surface area contributed by atoms with Crippen LogP contribution in [0.3, 0.4) is 0 Å². The van der Waals surface area contributed by atoms with Gasteiger partial charge in [0, 0.05) is 17.7 Å². The smallest absolute Gasteiger partial charge is 0.223 e. The van der Waals surface area contributed by atoms with Crippen molar-refractivity contribution in [3.63, 3.8) is 0 Å². The van der Waals surface area contributed by atoms with Gasteiger partial charge in [-0.1, -0.05) is 36.7 Å². The first-order chi connectivity index (χ1) is 9.63. The Bertz CT molecular complexity index is 462. The average molecular weight is 374 g/mol. The van der Waals surface area contributed by atoms with Crippen LogP contribution in [-0.4, -0.2) is 42.6 Å². The summed E-state index contributed by atoms with van der Waals surface area (Å²) in [7, 11) is -1.72. The van der Waals surface area contributed by atoms with Crippen LogP contribution in [0.15, 0.2) is 0 Å². The van der Waals surface area contributed by atoms with Gasteiger partial charge in [-0.25, -0.2) is 0 Å². The van der Waals surface area contributed by atoms with Gasteiger partial charge in [-0.2, -0.15) is 0 Å². The van der Waals surface area contributed by atoms with E-state index in [0.717, 1.165) is 30.7 Å². The van der Waals surface area contributed by atoms with Gasteiger partial charge in [0.15, 0.2) is 8.32 Å². The maximum atomic E-state index is 12.4. The Morgan fingerprint density at radius 3 is 2.67 bits per heavy atom. The highest BCUT2D eigenvalue weighted by molar-refractivity contribution is 9.09. The van der Waals surface area contributed by atoms with Crippen molar-refractivity contribution in [2.75, 3.05) is 11.9 Å². The van der Waals surface area contributed by atoms with Crippen LogP contribution >= 0.6 is 15.9 Å². The molecule has 1 amide bonds. The molecule has 0 aromatic carbocycles. The second-order valence-electron chi connectivity index (χ2n) is 8.67. The number of hydrogen-bond acceptors (Lipinski definition) is 2. The van der Waals surface area contributed by atoms with Gasteiger partial charge in [0.05, 0.1) is 18.2 Å². The number of rotatable bonds is 4. The summed E-state index contributed by atoms with van der Waals surface area (Å²) >= 11 is 3.62. The van der Waals surface area contributed by atoms with Crippen LogP contribution in [0.5, 0.6) is 0 Å². The molecule has 120 valence electrons. The fourth-order valence-corrected chi connectivity index (χ4v) is 5.99. The Kier molecular flexibility index (Phi) is 3.66. The van der Waals surface area contributed by atoms with E-state index < -0.39 is 8.32 Å². The molecule has 2 aliphatic heterocycles. The van der Waals surface area contributed by atoms with E-state index in [2.05, 4.69) is 54.7 Å². The summed E-state index contributed by atoms with van der Waals surface area (Å²) in [5.41, 5.74) is 0.210. The third-order valence-corrected chi connectivity index (χ3v) is 11.8. The minimum atomic E-state index is -1.72. The maximum Gasteiger partial charge on any atom is 0.223 e. The van der Waals surface area contributed by atoms with Gasteiger partial charge in [0.25, 0.3) is 0 Å². The molecule has 0 radical (unpaired) electrons. The molecule has 3 rings (SSSR count). The molecule has 5 heteroatoms. The molecular formula is C16H28BrNO2Si. The Balaban J connectivity index is 1.69. The quantitative estimate of drug-likeness (QED) is 0.554. The van der Waals surface area contributed by atoms with Crippen LogP contribution in [0.4, 0.5) is 0 Å². The number of amides is 1. The van der Waals surface area contributed by atoms with Crippen LogP contribution in [-0.2, 0) is 9.22 Å². The summed E-state index contributed by atoms with van der Waals surface area (Å²) in [6, 6.07) is 0.328. The number of piperidine rings is 1. The SMILES string of the molecule is CC(C)(C)[Si](C)(C)OC[C@H]1C[C@@H]2C[C@@]23[C@@H](CBr)CC(=O)N13. The van der Waals surface area contributed by atoms with E-state index in [9.17, 15) is 4.79 Å². The van der Waals surface area contributed by atoms with Crippen molar-refractivity contribution in [3.8, 4) is 0 Å². The van der Waals surface area contributed by atoms with Crippen LogP contribution in [0.2, 0.25) is 18.1 Å². The molecule has 2 heterocycles. The molecule has 4 atom stereocenters. The highest BCUT2D eigenvalue weighted by Crippen LogP contribution is 2.66. The number of halogens is 1. The second kappa shape index (κ2) is 4.81. The topological polar surface area (TPSA) is 29.5 Å². The lowest BCUT2D eigenvalue weighted by Gasteiger charge is -2.38. The van der Waals surface area contributed by atoms with Gasteiger partial charge >= 0.3 is 0 Å². The fourth-order valence-electron chi connectivity index (χ4n) is 4.16. The van der Waals surface area contributed by atoms with Gasteiger partial charge in [0.2, 0.25) is 5.91 Å². The molecule has 0 aromatic rings. The Morgan fingerprint density at radius 2 is 2.10 bits per heavy atom. The number of nitrogens with zero attached hydrogens (tertiary/aromatic N) is 1. The van der Waals surface area contributed by atoms with E-state index in [1.54, 1.807) is 0 Å². The molecule has 0 unspecified atom stereocenters. The van der Waals surface area contributed by atoms with Crippen molar-refractivity contribution >= 4 is 30.2 Å². The number of alkyl halides is 1. The van der Waals surface area contributed by atoms with Crippen molar-refractivity contribution in [2.45, 2.75) is 69.7 Å². The molecule has 0 bridgehead atoms. The predicted molar refractivity (Wildman–Crippen MR) is 91.1 cm³/mol. The van der Waals surface area contributed by atoms with Gasteiger partial charge in [-0.15, -0.1) is 0 Å². The Hall–Kier alpha value is 0.127. The summed E-state index contributed by atoms with van der Waals surface area (Å²) in [6.45, 7) is 12.2. The lowest BCUT2D eigenvalue weighted by molar-refractivity contribution is -0.131. The minimum absolute atomic E-state index is 0.210. The number of hydrogen-bond donors (Lipinski definition) is 0. The summed E-state index contributed by atoms with van der Waals surface area (Å²) in [4.78, 5) is 14.7. The molecule has 3 fully saturated rings. The second-order valence-corrected chi connectivity index (χ2v) is 14.1. The standard InChI is InChI=1S/C16H28BrNO2Si/c1-15(2,3)21(4,5)20-10-13-6-11-8-16(11)12(9-17)7-14(19)18(13)16/h11-13H,6-10H2,1-5H3/t11-,12-,13-,16+/m1/s1. The predicted octanol–water partition coefficient (Wildman–Crippen LogP) is 3.78. The molecular weight excluding hydrogens is 346 g/mol. The molecule has 1 saturated carbocycles. The van der Waals surface area contributed by atoms with E-state index >= 15 is 0 Å². The van der Waals surface area contributed by atoms with Crippen molar-refractivity contribution in [1.82, 2.24) is 4.90 Å². The van der Waals surface area contributed by atoms with Gasteiger partial charge < -0.3 is 9.33 Å². The van der Waals surface area contributed by atoms with Gasteiger partial charge in [-0.05, 0) is 36.9 Å². The zero-order valence-electron chi connectivity index (χ0n) is 13.9. The van der Waals surface area contributed by atoms with Crippen LogP contribution in [0, 0.1) is 11.8 Å². The molecule has 21 heavy (non-hydrogen) atoms. The van der Waals surface area contributed by atoms with E-state index in [0.29, 0.717) is 17.9 Å². The molecule has 3 aliphatic rings. The lowest BCUT2D eigenvalue weighted by Crippen LogP contribution is -2.47. The third kappa shape index (κ3) is 2.26. The number of carbonyl (C=O) groups excluding carboxylic acids is 1. The van der Waals surface area contributed by atoms with Crippen LogP contribution < -0.4 is 0 Å². The lowest BCUT2D eigenvalue weighted by atomic mass is 9.99. The molecule has 1 aliphatic carbocycles. The molecule has 2 saturated heterocycles. The van der Waals surface area contributed by atoms with Crippen molar-refractivity contribution in [1.29, 1.82) is 0 Å². The summed E-state index contributed by atoms with van der Waals surface area (Å²) in [6.07, 6.45) is 3.12. The van der Waals surface area contributed by atoms with E-state index in [-0.39, 0.29) is 10.6 Å². The van der Waals surface area contributed by atoms with E-state index in [4.69, 9.17) is 4.43 Å². The molecule has 3 nitrogen and oxygen atoms in total. The number of carbonyl (C=O) groups is 1. The Morgan fingerprint density at radius 1 is 1.43 bits per heavy atom. The summed E-state index contributed by atoms with van der Waals surface area (Å²) in [5.74, 6) is 1.62.